The number of benzene rings is 1. The Morgan fingerprint density at radius 2 is 1.81 bits per heavy atom. The number of aliphatic imine (C=N–C) groups is 1. The molecule has 1 aromatic carbocycles. The molecule has 4 nitrogen and oxygen atoms in total. The third-order valence-electron chi connectivity index (χ3n) is 5.97. The summed E-state index contributed by atoms with van der Waals surface area (Å²) in [5.74, 6) is 0.895. The zero-order chi connectivity index (χ0) is 18.9. The van der Waals surface area contributed by atoms with E-state index in [4.69, 9.17) is 4.74 Å². The Kier molecular flexibility index (Phi) is 8.29. The first-order chi connectivity index (χ1) is 12.6. The average molecular weight is 378 g/mol. The van der Waals surface area contributed by atoms with Crippen LogP contribution < -0.4 is 10.6 Å². The molecule has 1 saturated heterocycles. The summed E-state index contributed by atoms with van der Waals surface area (Å²) in [6.45, 7) is 8.08. The summed E-state index contributed by atoms with van der Waals surface area (Å²) in [5.41, 5.74) is 1.53. The average Bonchev–Trinajstić information content (AvgIpc) is 2.72. The van der Waals surface area contributed by atoms with Crippen molar-refractivity contribution in [2.45, 2.75) is 49.7 Å². The molecule has 0 aliphatic carbocycles. The normalized spacial score (nSPS) is 17.8. The van der Waals surface area contributed by atoms with Gasteiger partial charge < -0.3 is 15.4 Å². The third-order valence-corrected chi connectivity index (χ3v) is 7.39. The topological polar surface area (TPSA) is 45.7 Å². The summed E-state index contributed by atoms with van der Waals surface area (Å²) in [6.07, 6.45) is 6.59. The van der Waals surface area contributed by atoms with Crippen LogP contribution in [0.1, 0.15) is 45.1 Å². The number of nitrogens with one attached hydrogen (secondary N) is 2. The van der Waals surface area contributed by atoms with Crippen molar-refractivity contribution < 1.29 is 4.74 Å². The number of hydrogen-bond acceptors (Lipinski definition) is 3. The van der Waals surface area contributed by atoms with Crippen molar-refractivity contribution in [3.8, 4) is 0 Å². The van der Waals surface area contributed by atoms with Crippen molar-refractivity contribution in [2.24, 2.45) is 4.99 Å². The van der Waals surface area contributed by atoms with Crippen molar-refractivity contribution in [1.82, 2.24) is 10.6 Å². The van der Waals surface area contributed by atoms with Crippen LogP contribution in [0.5, 0.6) is 0 Å². The van der Waals surface area contributed by atoms with Crippen LogP contribution in [0, 0.1) is 0 Å². The maximum atomic E-state index is 5.54. The van der Waals surface area contributed by atoms with Gasteiger partial charge in [-0.3, -0.25) is 4.99 Å². The van der Waals surface area contributed by atoms with Gasteiger partial charge in [0.1, 0.15) is 0 Å². The van der Waals surface area contributed by atoms with Gasteiger partial charge in [-0.2, -0.15) is 11.8 Å². The van der Waals surface area contributed by atoms with Crippen molar-refractivity contribution in [2.75, 3.05) is 39.6 Å². The van der Waals surface area contributed by atoms with Crippen LogP contribution in [0.15, 0.2) is 35.3 Å². The molecule has 0 bridgehead atoms. The van der Waals surface area contributed by atoms with E-state index in [1.165, 1.54) is 5.56 Å². The highest BCUT2D eigenvalue weighted by atomic mass is 32.2. The number of ether oxygens (including phenoxy) is 1. The Morgan fingerprint density at radius 1 is 1.15 bits per heavy atom. The lowest BCUT2D eigenvalue weighted by Gasteiger charge is -2.37. The van der Waals surface area contributed by atoms with Gasteiger partial charge in [-0.1, -0.05) is 44.2 Å². The van der Waals surface area contributed by atoms with Crippen LogP contribution in [0.2, 0.25) is 0 Å². The smallest absolute Gasteiger partial charge is 0.191 e. The van der Waals surface area contributed by atoms with E-state index < -0.39 is 0 Å². The minimum Gasteiger partial charge on any atom is -0.381 e. The fraction of sp³-hybridized carbons (Fsp3) is 0.667. The van der Waals surface area contributed by atoms with Crippen LogP contribution in [-0.4, -0.2) is 50.3 Å². The predicted octanol–water partition coefficient (Wildman–Crippen LogP) is 3.82. The summed E-state index contributed by atoms with van der Waals surface area (Å²) >= 11 is 1.95. The van der Waals surface area contributed by atoms with Gasteiger partial charge in [0.05, 0.1) is 0 Å². The summed E-state index contributed by atoms with van der Waals surface area (Å²) in [5, 5.41) is 7.16. The fourth-order valence-electron chi connectivity index (χ4n) is 3.72. The summed E-state index contributed by atoms with van der Waals surface area (Å²) in [6, 6.07) is 10.8. The molecular formula is C21H35N3OS. The molecule has 0 saturated carbocycles. The number of hydrogen-bond donors (Lipinski definition) is 2. The molecular weight excluding hydrogens is 342 g/mol. The van der Waals surface area contributed by atoms with E-state index in [1.54, 1.807) is 0 Å². The molecule has 146 valence electrons. The van der Waals surface area contributed by atoms with Crippen LogP contribution in [0.25, 0.3) is 0 Å². The Balaban J connectivity index is 1.98. The lowest BCUT2D eigenvalue weighted by molar-refractivity contribution is 0.0783. The molecule has 0 atom stereocenters. The van der Waals surface area contributed by atoms with E-state index in [9.17, 15) is 0 Å². The highest BCUT2D eigenvalue weighted by Gasteiger charge is 2.32. The van der Waals surface area contributed by atoms with Gasteiger partial charge in [0.15, 0.2) is 5.96 Å². The Morgan fingerprint density at radius 3 is 2.35 bits per heavy atom. The van der Waals surface area contributed by atoms with Gasteiger partial charge in [0.2, 0.25) is 0 Å². The lowest BCUT2D eigenvalue weighted by atomic mass is 9.76. The Bertz CT molecular complexity index is 552. The minimum absolute atomic E-state index is 0.134. The minimum atomic E-state index is 0.134. The van der Waals surface area contributed by atoms with Gasteiger partial charge in [-0.25, -0.2) is 0 Å². The zero-order valence-corrected chi connectivity index (χ0v) is 17.6. The standard InChI is InChI=1S/C21H35N3OS/c1-5-20(6-2,18-10-8-7-9-11-18)16-23-19(22-3)24-17-21(26-4)12-14-25-15-13-21/h7-11H,5-6,12-17H2,1-4H3,(H2,22,23,24). The van der Waals surface area contributed by atoms with Gasteiger partial charge in [-0.15, -0.1) is 0 Å². The van der Waals surface area contributed by atoms with Crippen molar-refractivity contribution >= 4 is 17.7 Å². The number of guanidine groups is 1. The van der Waals surface area contributed by atoms with Crippen LogP contribution in [-0.2, 0) is 10.2 Å². The van der Waals surface area contributed by atoms with E-state index in [0.717, 1.165) is 57.9 Å². The molecule has 5 heteroatoms. The van der Waals surface area contributed by atoms with Crippen LogP contribution >= 0.6 is 11.8 Å². The highest BCUT2D eigenvalue weighted by molar-refractivity contribution is 8.00. The molecule has 0 amide bonds. The molecule has 1 aromatic rings. The first-order valence-corrected chi connectivity index (χ1v) is 11.0. The first kappa shape index (κ1) is 21.1. The Labute approximate surface area is 163 Å². The number of nitrogens with zero attached hydrogens (tertiary/aromatic N) is 1. The molecule has 1 aliphatic heterocycles. The first-order valence-electron chi connectivity index (χ1n) is 9.76. The van der Waals surface area contributed by atoms with E-state index >= 15 is 0 Å². The quantitative estimate of drug-likeness (QED) is 0.534. The lowest BCUT2D eigenvalue weighted by Crippen LogP contribution is -2.50. The predicted molar refractivity (Wildman–Crippen MR) is 114 cm³/mol. The molecule has 1 aliphatic rings. The molecule has 0 spiro atoms. The maximum Gasteiger partial charge on any atom is 0.191 e. The monoisotopic (exact) mass is 377 g/mol. The van der Waals surface area contributed by atoms with Crippen molar-refractivity contribution in [3.05, 3.63) is 35.9 Å². The summed E-state index contributed by atoms with van der Waals surface area (Å²) in [7, 11) is 1.85. The molecule has 2 rings (SSSR count). The van der Waals surface area contributed by atoms with Gasteiger partial charge in [0.25, 0.3) is 0 Å². The molecule has 0 radical (unpaired) electrons. The van der Waals surface area contributed by atoms with Gasteiger partial charge in [0, 0.05) is 43.5 Å². The van der Waals surface area contributed by atoms with E-state index in [1.807, 2.05) is 18.8 Å². The molecule has 26 heavy (non-hydrogen) atoms. The zero-order valence-electron chi connectivity index (χ0n) is 16.8. The largest absolute Gasteiger partial charge is 0.381 e. The van der Waals surface area contributed by atoms with Crippen molar-refractivity contribution in [3.63, 3.8) is 0 Å². The van der Waals surface area contributed by atoms with Crippen molar-refractivity contribution in [1.29, 1.82) is 0 Å². The maximum absolute atomic E-state index is 5.54. The van der Waals surface area contributed by atoms with Crippen LogP contribution in [0.4, 0.5) is 0 Å². The SMILES string of the molecule is CCC(CC)(CNC(=NC)NCC1(SC)CCOCC1)c1ccccc1. The van der Waals surface area contributed by atoms with E-state index in [2.05, 4.69) is 66.1 Å². The van der Waals surface area contributed by atoms with E-state index in [-0.39, 0.29) is 10.2 Å². The summed E-state index contributed by atoms with van der Waals surface area (Å²) < 4.78 is 5.79. The molecule has 1 heterocycles. The molecule has 2 N–H and O–H groups in total. The number of rotatable bonds is 8. The fourth-order valence-corrected chi connectivity index (χ4v) is 4.51. The highest BCUT2D eigenvalue weighted by Crippen LogP contribution is 2.33. The van der Waals surface area contributed by atoms with Gasteiger partial charge >= 0.3 is 0 Å². The third kappa shape index (κ3) is 5.17. The molecule has 1 fully saturated rings. The molecule has 0 unspecified atom stereocenters. The Hall–Kier alpha value is -1.20. The second kappa shape index (κ2) is 10.2. The second-order valence-corrected chi connectivity index (χ2v) is 8.41. The van der Waals surface area contributed by atoms with Gasteiger partial charge in [-0.05, 0) is 37.5 Å². The number of thioether (sulfide) groups is 1. The van der Waals surface area contributed by atoms with E-state index in [0.29, 0.717) is 0 Å². The second-order valence-electron chi connectivity index (χ2n) is 7.13. The summed E-state index contributed by atoms with van der Waals surface area (Å²) in [4.78, 5) is 4.46. The van der Waals surface area contributed by atoms with Crippen LogP contribution in [0.3, 0.4) is 0 Å². The molecule has 0 aromatic heterocycles.